The van der Waals surface area contributed by atoms with Gasteiger partial charge in [0.25, 0.3) is 6.47 Å². The summed E-state index contributed by atoms with van der Waals surface area (Å²) in [6.07, 6.45) is 1.27. The molecule has 1 aliphatic heterocycles. The highest BCUT2D eigenvalue weighted by Crippen LogP contribution is 2.27. The van der Waals surface area contributed by atoms with E-state index in [0.717, 1.165) is 23.3 Å². The number of nitrogens with one attached hydrogen (secondary N) is 1. The molecule has 32 heavy (non-hydrogen) atoms. The minimum absolute atomic E-state index is 0.00437. The highest BCUT2D eigenvalue weighted by molar-refractivity contribution is 5.88. The van der Waals surface area contributed by atoms with Gasteiger partial charge in [-0.3, -0.25) is 14.7 Å². The fourth-order valence-corrected chi connectivity index (χ4v) is 4.09. The Kier molecular flexibility index (Phi) is 6.92. The molecule has 10 nitrogen and oxygen atoms in total. The summed E-state index contributed by atoms with van der Waals surface area (Å²) in [4.78, 5) is 39.5. The normalized spacial score (nSPS) is 13.9. The number of rotatable bonds is 5. The summed E-state index contributed by atoms with van der Waals surface area (Å²) in [6, 6.07) is 7.48. The van der Waals surface area contributed by atoms with Crippen molar-refractivity contribution in [2.75, 3.05) is 6.54 Å². The van der Waals surface area contributed by atoms with E-state index in [9.17, 15) is 14.7 Å². The van der Waals surface area contributed by atoms with Gasteiger partial charge < -0.3 is 19.7 Å². The van der Waals surface area contributed by atoms with Gasteiger partial charge in [0, 0.05) is 18.5 Å². The number of hydrogen-bond acceptors (Lipinski definition) is 5. The van der Waals surface area contributed by atoms with Crippen molar-refractivity contribution in [1.29, 1.82) is 0 Å². The number of carbonyl (C=O) groups excluding carboxylic acids is 1. The number of aromatic carboxylic acids is 1. The van der Waals surface area contributed by atoms with Crippen molar-refractivity contribution in [3.05, 3.63) is 47.0 Å². The monoisotopic (exact) mass is 441 g/mol. The second-order valence-corrected chi connectivity index (χ2v) is 8.11. The van der Waals surface area contributed by atoms with Crippen molar-refractivity contribution in [1.82, 2.24) is 24.6 Å². The van der Waals surface area contributed by atoms with Gasteiger partial charge >= 0.3 is 5.97 Å². The average Bonchev–Trinajstić information content (AvgIpc) is 3.33. The first-order valence-electron chi connectivity index (χ1n) is 10.4. The number of carboxylic acids is 1. The van der Waals surface area contributed by atoms with Gasteiger partial charge in [-0.25, -0.2) is 9.78 Å². The summed E-state index contributed by atoms with van der Waals surface area (Å²) >= 11 is 0. The fraction of sp³-hybridized carbons (Fsp3) is 0.409. The average molecular weight is 441 g/mol. The van der Waals surface area contributed by atoms with Gasteiger partial charge in [0.1, 0.15) is 11.9 Å². The third kappa shape index (κ3) is 4.48. The lowest BCUT2D eigenvalue weighted by Crippen LogP contribution is -2.40. The predicted molar refractivity (Wildman–Crippen MR) is 116 cm³/mol. The number of para-hydroxylation sites is 2. The highest BCUT2D eigenvalue weighted by Gasteiger charge is 2.31. The van der Waals surface area contributed by atoms with Crippen LogP contribution in [0.15, 0.2) is 24.3 Å². The molecule has 170 valence electrons. The van der Waals surface area contributed by atoms with Gasteiger partial charge in [0.05, 0.1) is 23.3 Å². The van der Waals surface area contributed by atoms with Crippen LogP contribution in [0, 0.1) is 5.92 Å². The van der Waals surface area contributed by atoms with E-state index in [1.165, 1.54) is 0 Å². The van der Waals surface area contributed by atoms with Gasteiger partial charge in [0.15, 0.2) is 5.69 Å². The summed E-state index contributed by atoms with van der Waals surface area (Å²) < 4.78 is 2.04. The van der Waals surface area contributed by atoms with E-state index in [4.69, 9.17) is 14.9 Å². The lowest BCUT2D eigenvalue weighted by atomic mass is 10.0. The maximum Gasteiger partial charge on any atom is 0.356 e. The van der Waals surface area contributed by atoms with Gasteiger partial charge in [-0.1, -0.05) is 26.0 Å². The van der Waals surface area contributed by atoms with Crippen LogP contribution in [0.2, 0.25) is 0 Å². The first-order valence-corrected chi connectivity index (χ1v) is 10.4. The Morgan fingerprint density at radius 2 is 1.94 bits per heavy atom. The molecule has 10 heteroatoms. The zero-order valence-corrected chi connectivity index (χ0v) is 18.3. The Balaban J connectivity index is 0.000000913. The largest absolute Gasteiger partial charge is 0.483 e. The van der Waals surface area contributed by atoms with E-state index in [1.54, 1.807) is 4.90 Å². The van der Waals surface area contributed by atoms with E-state index in [0.29, 0.717) is 36.7 Å². The number of fused-ring (bicyclic) bond motifs is 2. The fourth-order valence-electron chi connectivity index (χ4n) is 4.09. The molecule has 0 fully saturated rings. The lowest BCUT2D eigenvalue weighted by molar-refractivity contribution is -0.135. The quantitative estimate of drug-likeness (QED) is 0.517. The second kappa shape index (κ2) is 9.63. The van der Waals surface area contributed by atoms with Crippen LogP contribution in [0.4, 0.5) is 0 Å². The summed E-state index contributed by atoms with van der Waals surface area (Å²) in [5.41, 5.74) is 3.30. The molecular weight excluding hydrogens is 414 g/mol. The van der Waals surface area contributed by atoms with Gasteiger partial charge in [-0.05, 0) is 31.4 Å². The number of hydrogen-bond donors (Lipinski definition) is 3. The van der Waals surface area contributed by atoms with Crippen molar-refractivity contribution in [2.45, 2.75) is 46.2 Å². The molecule has 0 radical (unpaired) electrons. The lowest BCUT2D eigenvalue weighted by Gasteiger charge is -2.30. The van der Waals surface area contributed by atoms with Crippen LogP contribution >= 0.6 is 0 Å². The van der Waals surface area contributed by atoms with Crippen molar-refractivity contribution < 1.29 is 24.6 Å². The van der Waals surface area contributed by atoms with Crippen LogP contribution < -0.4 is 0 Å². The smallest absolute Gasteiger partial charge is 0.356 e. The molecule has 0 bridgehead atoms. The molecular formula is C22H27N5O5. The van der Waals surface area contributed by atoms with Gasteiger partial charge in [-0.15, -0.1) is 0 Å². The van der Waals surface area contributed by atoms with Crippen LogP contribution in [0.1, 0.15) is 54.4 Å². The van der Waals surface area contributed by atoms with Crippen LogP contribution in [0.3, 0.4) is 0 Å². The summed E-state index contributed by atoms with van der Waals surface area (Å²) in [7, 11) is 0. The van der Waals surface area contributed by atoms with Crippen molar-refractivity contribution >= 4 is 29.4 Å². The molecule has 2 aromatic heterocycles. The topological polar surface area (TPSA) is 141 Å². The molecule has 1 unspecified atom stereocenters. The summed E-state index contributed by atoms with van der Waals surface area (Å²) in [5.74, 6) is 0.286. The number of aromatic amines is 1. The number of aromatic nitrogens is 4. The van der Waals surface area contributed by atoms with Crippen molar-refractivity contribution in [3.63, 3.8) is 0 Å². The molecule has 0 saturated carbocycles. The molecule has 0 saturated heterocycles. The molecule has 4 rings (SSSR count). The third-order valence-electron chi connectivity index (χ3n) is 5.45. The SMILES string of the molecule is CC(C)Cc1nc2ccccc2n1C(C)C(=O)N1CCc2c(C(=O)O)n[nH]c2C1.O=CO. The molecule has 1 aromatic carbocycles. The van der Waals surface area contributed by atoms with E-state index < -0.39 is 12.0 Å². The van der Waals surface area contributed by atoms with Crippen molar-refractivity contribution in [3.8, 4) is 0 Å². The van der Waals surface area contributed by atoms with E-state index in [2.05, 4.69) is 24.0 Å². The number of amides is 1. The van der Waals surface area contributed by atoms with Gasteiger partial charge in [-0.2, -0.15) is 5.10 Å². The minimum atomic E-state index is -1.04. The number of benzene rings is 1. The van der Waals surface area contributed by atoms with Gasteiger partial charge in [0.2, 0.25) is 5.91 Å². The first-order chi connectivity index (χ1) is 15.3. The Labute approximate surface area is 184 Å². The Morgan fingerprint density at radius 3 is 2.59 bits per heavy atom. The van der Waals surface area contributed by atoms with E-state index >= 15 is 0 Å². The van der Waals surface area contributed by atoms with E-state index in [-0.39, 0.29) is 18.1 Å². The number of carbonyl (C=O) groups is 3. The molecule has 3 heterocycles. The zero-order chi connectivity index (χ0) is 23.4. The highest BCUT2D eigenvalue weighted by atomic mass is 16.4. The number of imidazole rings is 1. The van der Waals surface area contributed by atoms with Crippen LogP contribution in [-0.2, 0) is 29.0 Å². The number of nitrogens with zero attached hydrogens (tertiary/aromatic N) is 4. The number of H-pyrrole nitrogens is 1. The summed E-state index contributed by atoms with van der Waals surface area (Å²) in [6.45, 7) is 6.75. The number of carboxylic acid groups (broad SMARTS) is 2. The van der Waals surface area contributed by atoms with Crippen molar-refractivity contribution in [2.24, 2.45) is 5.92 Å². The molecule has 1 amide bonds. The molecule has 1 atom stereocenters. The third-order valence-corrected chi connectivity index (χ3v) is 5.45. The maximum absolute atomic E-state index is 13.4. The standard InChI is InChI=1S/C21H25N5O3.CH2O2/c1-12(2)10-18-22-15-6-4-5-7-17(15)26(18)13(3)20(27)25-9-8-14-16(11-25)23-24-19(14)21(28)29;2-1-3/h4-7,12-13H,8-11H2,1-3H3,(H,23,24)(H,28,29);1H,(H,2,3). The van der Waals surface area contributed by atoms with Crippen LogP contribution in [-0.4, -0.2) is 59.8 Å². The second-order valence-electron chi connectivity index (χ2n) is 8.11. The van der Waals surface area contributed by atoms with Crippen LogP contribution in [0.25, 0.3) is 11.0 Å². The zero-order valence-electron chi connectivity index (χ0n) is 18.3. The molecule has 0 aliphatic carbocycles. The summed E-state index contributed by atoms with van der Waals surface area (Å²) in [5, 5.41) is 22.8. The molecule has 0 spiro atoms. The van der Waals surface area contributed by atoms with E-state index in [1.807, 2.05) is 35.8 Å². The Hall–Kier alpha value is -3.69. The van der Waals surface area contributed by atoms with Crippen LogP contribution in [0.5, 0.6) is 0 Å². The molecule has 1 aliphatic rings. The minimum Gasteiger partial charge on any atom is -0.483 e. The molecule has 3 aromatic rings. The first kappa shape index (κ1) is 23.0. The molecule has 3 N–H and O–H groups in total. The maximum atomic E-state index is 13.4. The Morgan fingerprint density at radius 1 is 1.25 bits per heavy atom. The Bertz CT molecular complexity index is 1130. The predicted octanol–water partition coefficient (Wildman–Crippen LogP) is 2.50.